The first-order chi connectivity index (χ1) is 8.20. The van der Waals surface area contributed by atoms with E-state index in [1.54, 1.807) is 0 Å². The highest BCUT2D eigenvalue weighted by atomic mass is 79.9. The Hall–Kier alpha value is -0.680. The van der Waals surface area contributed by atoms with E-state index in [9.17, 15) is 0 Å². The van der Waals surface area contributed by atoms with Crippen LogP contribution in [0, 0.1) is 0 Å². The number of aromatic nitrogens is 2. The van der Waals surface area contributed by atoms with Crippen molar-refractivity contribution in [3.8, 4) is 0 Å². The van der Waals surface area contributed by atoms with Crippen LogP contribution in [0.2, 0.25) is 0 Å². The number of rotatable bonds is 6. The molecule has 0 spiro atoms. The maximum absolute atomic E-state index is 5.35. The third kappa shape index (κ3) is 3.64. The van der Waals surface area contributed by atoms with Gasteiger partial charge in [-0.1, -0.05) is 0 Å². The van der Waals surface area contributed by atoms with Gasteiger partial charge in [0.15, 0.2) is 0 Å². The van der Waals surface area contributed by atoms with E-state index in [1.807, 2.05) is 20.0 Å². The molecule has 1 fully saturated rings. The third-order valence-electron chi connectivity index (χ3n) is 2.81. The highest BCUT2D eigenvalue weighted by Gasteiger charge is 2.27. The lowest BCUT2D eigenvalue weighted by Crippen LogP contribution is -2.24. The van der Waals surface area contributed by atoms with Gasteiger partial charge in [0.25, 0.3) is 0 Å². The number of likely N-dealkylation sites (N-methyl/N-ethyl adjacent to an activating group) is 1. The lowest BCUT2D eigenvalue weighted by molar-refractivity contribution is 0.154. The summed E-state index contributed by atoms with van der Waals surface area (Å²) >= 11 is 3.45. The molecule has 0 saturated heterocycles. The number of hydrogen-bond acceptors (Lipinski definition) is 4. The van der Waals surface area contributed by atoms with Gasteiger partial charge < -0.3 is 9.64 Å². The summed E-state index contributed by atoms with van der Waals surface area (Å²) in [5.74, 6) is 2.51. The average Bonchev–Trinajstić information content (AvgIpc) is 3.12. The van der Waals surface area contributed by atoms with Gasteiger partial charge >= 0.3 is 0 Å². The molecule has 5 heteroatoms. The predicted octanol–water partition coefficient (Wildman–Crippen LogP) is 2.59. The highest BCUT2D eigenvalue weighted by Crippen LogP contribution is 2.39. The molecule has 17 heavy (non-hydrogen) atoms. The van der Waals surface area contributed by atoms with Crippen molar-refractivity contribution in [2.24, 2.45) is 0 Å². The van der Waals surface area contributed by atoms with Crippen LogP contribution in [-0.2, 0) is 4.74 Å². The standard InChI is InChI=1S/C12H18BrN3O/c1-3-17-7-6-16(2)11-8-10(13)14-12(15-11)9-4-5-9/h8-9H,3-7H2,1-2H3. The van der Waals surface area contributed by atoms with Gasteiger partial charge in [0.2, 0.25) is 0 Å². The Kier molecular flexibility index (Phi) is 4.34. The largest absolute Gasteiger partial charge is 0.380 e. The number of nitrogens with zero attached hydrogens (tertiary/aromatic N) is 3. The summed E-state index contributed by atoms with van der Waals surface area (Å²) in [5.41, 5.74) is 0. The summed E-state index contributed by atoms with van der Waals surface area (Å²) in [6.07, 6.45) is 2.44. The van der Waals surface area contributed by atoms with Crippen LogP contribution in [-0.4, -0.2) is 36.8 Å². The van der Waals surface area contributed by atoms with Gasteiger partial charge in [-0.2, -0.15) is 0 Å². The van der Waals surface area contributed by atoms with Crippen molar-refractivity contribution in [3.05, 3.63) is 16.5 Å². The minimum atomic E-state index is 0.576. The summed E-state index contributed by atoms with van der Waals surface area (Å²) in [6.45, 7) is 4.34. The van der Waals surface area contributed by atoms with Gasteiger partial charge in [-0.05, 0) is 35.7 Å². The van der Waals surface area contributed by atoms with Gasteiger partial charge in [0.05, 0.1) is 6.61 Å². The Morgan fingerprint density at radius 2 is 2.24 bits per heavy atom. The van der Waals surface area contributed by atoms with Crippen LogP contribution in [0.15, 0.2) is 10.7 Å². The van der Waals surface area contributed by atoms with Crippen LogP contribution < -0.4 is 4.90 Å². The zero-order valence-corrected chi connectivity index (χ0v) is 11.9. The van der Waals surface area contributed by atoms with Crippen LogP contribution in [0.4, 0.5) is 5.82 Å². The van der Waals surface area contributed by atoms with Gasteiger partial charge in [-0.15, -0.1) is 0 Å². The van der Waals surface area contributed by atoms with Gasteiger partial charge in [0.1, 0.15) is 16.2 Å². The molecule has 1 aliphatic carbocycles. The average molecular weight is 300 g/mol. The van der Waals surface area contributed by atoms with Gasteiger partial charge in [0, 0.05) is 32.2 Å². The first kappa shape index (κ1) is 12.8. The van der Waals surface area contributed by atoms with Crippen molar-refractivity contribution in [3.63, 3.8) is 0 Å². The minimum absolute atomic E-state index is 0.576. The molecule has 0 bridgehead atoms. The molecular weight excluding hydrogens is 282 g/mol. The maximum atomic E-state index is 5.35. The molecule has 1 saturated carbocycles. The van der Waals surface area contributed by atoms with Crippen LogP contribution in [0.1, 0.15) is 31.5 Å². The van der Waals surface area contributed by atoms with E-state index in [0.717, 1.165) is 36.0 Å². The first-order valence-corrected chi connectivity index (χ1v) is 6.83. The van der Waals surface area contributed by atoms with Crippen LogP contribution in [0.5, 0.6) is 0 Å². The molecule has 1 aromatic rings. The Morgan fingerprint density at radius 3 is 2.88 bits per heavy atom. The maximum Gasteiger partial charge on any atom is 0.135 e. The van der Waals surface area contributed by atoms with E-state index in [1.165, 1.54) is 12.8 Å². The fourth-order valence-corrected chi connectivity index (χ4v) is 1.99. The second-order valence-electron chi connectivity index (χ2n) is 4.30. The molecule has 4 nitrogen and oxygen atoms in total. The molecule has 1 aliphatic rings. The van der Waals surface area contributed by atoms with Crippen molar-refractivity contribution in [1.29, 1.82) is 0 Å². The molecular formula is C12H18BrN3O. The van der Waals surface area contributed by atoms with Crippen LogP contribution in [0.25, 0.3) is 0 Å². The summed E-state index contributed by atoms with van der Waals surface area (Å²) in [7, 11) is 2.03. The second-order valence-corrected chi connectivity index (χ2v) is 5.11. The Balaban J connectivity index is 2.03. The zero-order chi connectivity index (χ0) is 12.3. The number of anilines is 1. The van der Waals surface area contributed by atoms with Crippen molar-refractivity contribution in [2.45, 2.75) is 25.7 Å². The molecule has 1 aromatic heterocycles. The van der Waals surface area contributed by atoms with E-state index in [0.29, 0.717) is 5.92 Å². The van der Waals surface area contributed by atoms with E-state index in [-0.39, 0.29) is 0 Å². The predicted molar refractivity (Wildman–Crippen MR) is 71.5 cm³/mol. The molecule has 0 aliphatic heterocycles. The smallest absolute Gasteiger partial charge is 0.135 e. The molecule has 94 valence electrons. The zero-order valence-electron chi connectivity index (χ0n) is 10.3. The Labute approximate surface area is 111 Å². The van der Waals surface area contributed by atoms with Crippen LogP contribution in [0.3, 0.4) is 0 Å². The molecule has 0 unspecified atom stereocenters. The van der Waals surface area contributed by atoms with E-state index >= 15 is 0 Å². The van der Waals surface area contributed by atoms with Gasteiger partial charge in [-0.25, -0.2) is 9.97 Å². The lowest BCUT2D eigenvalue weighted by atomic mass is 10.4. The molecule has 0 amide bonds. The summed E-state index contributed by atoms with van der Waals surface area (Å²) < 4.78 is 6.22. The summed E-state index contributed by atoms with van der Waals surface area (Å²) in [5, 5.41) is 0. The molecule has 0 N–H and O–H groups in total. The van der Waals surface area contributed by atoms with E-state index < -0.39 is 0 Å². The third-order valence-corrected chi connectivity index (χ3v) is 3.21. The molecule has 1 heterocycles. The minimum Gasteiger partial charge on any atom is -0.380 e. The fraction of sp³-hybridized carbons (Fsp3) is 0.667. The second kappa shape index (κ2) is 5.78. The number of hydrogen-bond donors (Lipinski definition) is 0. The van der Waals surface area contributed by atoms with Crippen molar-refractivity contribution < 1.29 is 4.74 Å². The number of halogens is 1. The number of ether oxygens (including phenoxy) is 1. The highest BCUT2D eigenvalue weighted by molar-refractivity contribution is 9.10. The summed E-state index contributed by atoms with van der Waals surface area (Å²) in [4.78, 5) is 11.1. The van der Waals surface area contributed by atoms with E-state index in [4.69, 9.17) is 4.74 Å². The Bertz CT molecular complexity index is 382. The quantitative estimate of drug-likeness (QED) is 0.598. The van der Waals surface area contributed by atoms with E-state index in [2.05, 4.69) is 30.8 Å². The Morgan fingerprint density at radius 1 is 1.47 bits per heavy atom. The topological polar surface area (TPSA) is 38.2 Å². The summed E-state index contributed by atoms with van der Waals surface area (Å²) in [6, 6.07) is 1.96. The van der Waals surface area contributed by atoms with Crippen molar-refractivity contribution in [2.75, 3.05) is 31.7 Å². The molecule has 0 radical (unpaired) electrons. The molecule has 0 aromatic carbocycles. The fourth-order valence-electron chi connectivity index (χ4n) is 1.60. The molecule has 0 atom stereocenters. The SMILES string of the molecule is CCOCCN(C)c1cc(Br)nc(C2CC2)n1. The normalized spacial score (nSPS) is 15.0. The van der Waals surface area contributed by atoms with Crippen molar-refractivity contribution >= 4 is 21.7 Å². The monoisotopic (exact) mass is 299 g/mol. The first-order valence-electron chi connectivity index (χ1n) is 6.04. The lowest BCUT2D eigenvalue weighted by Gasteiger charge is -2.18. The van der Waals surface area contributed by atoms with Crippen molar-refractivity contribution in [1.82, 2.24) is 9.97 Å². The van der Waals surface area contributed by atoms with Gasteiger partial charge in [-0.3, -0.25) is 0 Å². The molecule has 2 rings (SSSR count). The van der Waals surface area contributed by atoms with Crippen LogP contribution >= 0.6 is 15.9 Å².